The van der Waals surface area contributed by atoms with Crippen molar-refractivity contribution in [1.29, 1.82) is 5.26 Å². The molecule has 0 amide bonds. The van der Waals surface area contributed by atoms with Crippen LogP contribution in [0.15, 0.2) is 34.9 Å². The molecule has 136 valence electrons. The second-order valence-corrected chi connectivity index (χ2v) is 9.50. The van der Waals surface area contributed by atoms with Crippen LogP contribution in [0.4, 0.5) is 0 Å². The predicted octanol–water partition coefficient (Wildman–Crippen LogP) is 5.64. The van der Waals surface area contributed by atoms with Gasteiger partial charge in [0.2, 0.25) is 0 Å². The van der Waals surface area contributed by atoms with E-state index in [1.165, 1.54) is 0 Å². The predicted molar refractivity (Wildman–Crippen MR) is 106 cm³/mol. The Balaban J connectivity index is 2.14. The number of allylic oxidation sites excluding steroid dienone is 1. The molecule has 2 N–H and O–H groups in total. The third-order valence-electron chi connectivity index (χ3n) is 5.71. The molecule has 1 unspecified atom stereocenters. The van der Waals surface area contributed by atoms with Crippen molar-refractivity contribution in [2.75, 3.05) is 0 Å². The van der Waals surface area contributed by atoms with Crippen LogP contribution >= 0.6 is 15.9 Å². The molecule has 1 saturated carbocycles. The van der Waals surface area contributed by atoms with Crippen LogP contribution in [0.5, 0.6) is 5.75 Å². The molecule has 2 rings (SSSR count). The van der Waals surface area contributed by atoms with Gasteiger partial charge < -0.3 is 10.5 Å². The van der Waals surface area contributed by atoms with Crippen LogP contribution in [0, 0.1) is 34.0 Å². The number of nitrogens with zero attached hydrogens (tertiary/aromatic N) is 1. The Hall–Kier alpha value is -1.47. The molecule has 0 saturated heterocycles. The van der Waals surface area contributed by atoms with E-state index in [-0.39, 0.29) is 16.9 Å². The molecular weight excluding hydrogens is 376 g/mol. The first-order valence-electron chi connectivity index (χ1n) is 8.79. The number of nitrogens with two attached hydrogens (primary N) is 1. The second kappa shape index (κ2) is 7.03. The number of halogens is 1. The molecule has 1 fully saturated rings. The van der Waals surface area contributed by atoms with Crippen molar-refractivity contribution in [3.05, 3.63) is 40.5 Å². The number of hydrogen-bond donors (Lipinski definition) is 1. The highest BCUT2D eigenvalue weighted by atomic mass is 79.9. The maximum atomic E-state index is 9.06. The first-order valence-corrected chi connectivity index (χ1v) is 9.59. The molecule has 0 radical (unpaired) electrons. The van der Waals surface area contributed by atoms with Gasteiger partial charge in [0.05, 0.1) is 5.56 Å². The minimum atomic E-state index is 0.0774. The fourth-order valence-corrected chi connectivity index (χ4v) is 5.27. The topological polar surface area (TPSA) is 59.0 Å². The lowest BCUT2D eigenvalue weighted by Crippen LogP contribution is -2.66. The van der Waals surface area contributed by atoms with Crippen LogP contribution in [0.1, 0.15) is 53.0 Å². The standard InChI is InChI=1S/C21H29BrN2O/c1-13(9-14(2)24)10-18-20(3,4)19(21(18,5)6)25-16-8-7-15(12-23)17(22)11-16/h7-8,11,13,18-19H,2,9-10,24H2,1,3-6H3. The van der Waals surface area contributed by atoms with Crippen molar-refractivity contribution in [3.8, 4) is 11.8 Å². The molecule has 3 nitrogen and oxygen atoms in total. The molecule has 1 aliphatic rings. The zero-order valence-electron chi connectivity index (χ0n) is 15.9. The zero-order valence-corrected chi connectivity index (χ0v) is 17.5. The summed E-state index contributed by atoms with van der Waals surface area (Å²) < 4.78 is 7.14. The van der Waals surface area contributed by atoms with Gasteiger partial charge in [-0.3, -0.25) is 0 Å². The van der Waals surface area contributed by atoms with Gasteiger partial charge in [-0.1, -0.05) is 41.2 Å². The van der Waals surface area contributed by atoms with Gasteiger partial charge in [0.1, 0.15) is 17.9 Å². The highest BCUT2D eigenvalue weighted by molar-refractivity contribution is 9.10. The van der Waals surface area contributed by atoms with Gasteiger partial charge in [0.25, 0.3) is 0 Å². The highest BCUT2D eigenvalue weighted by Crippen LogP contribution is 2.62. The van der Waals surface area contributed by atoms with Gasteiger partial charge in [-0.25, -0.2) is 0 Å². The summed E-state index contributed by atoms with van der Waals surface area (Å²) in [4.78, 5) is 0. The fraction of sp³-hybridized carbons (Fsp3) is 0.571. The monoisotopic (exact) mass is 404 g/mol. The Morgan fingerprint density at radius 1 is 1.36 bits per heavy atom. The lowest BCUT2D eigenvalue weighted by molar-refractivity contribution is -0.204. The number of benzene rings is 1. The molecule has 0 spiro atoms. The average Bonchev–Trinajstić information content (AvgIpc) is 2.49. The number of hydrogen-bond acceptors (Lipinski definition) is 3. The normalized spacial score (nSPS) is 24.7. The summed E-state index contributed by atoms with van der Waals surface area (Å²) in [6.07, 6.45) is 2.11. The van der Waals surface area contributed by atoms with E-state index < -0.39 is 0 Å². The van der Waals surface area contributed by atoms with Crippen molar-refractivity contribution < 1.29 is 4.74 Å². The molecule has 0 aromatic heterocycles. The fourth-order valence-electron chi connectivity index (χ4n) is 4.83. The SMILES string of the molecule is C=C(N)CC(C)CC1C(C)(C)C(Oc2ccc(C#N)c(Br)c2)C1(C)C. The van der Waals surface area contributed by atoms with E-state index in [1.54, 1.807) is 6.07 Å². The molecule has 1 atom stereocenters. The summed E-state index contributed by atoms with van der Waals surface area (Å²) in [7, 11) is 0. The molecular formula is C21H29BrN2O. The van der Waals surface area contributed by atoms with Crippen molar-refractivity contribution in [2.45, 2.75) is 53.6 Å². The van der Waals surface area contributed by atoms with Gasteiger partial charge >= 0.3 is 0 Å². The maximum absolute atomic E-state index is 9.06. The van der Waals surface area contributed by atoms with Crippen LogP contribution in [0.25, 0.3) is 0 Å². The first-order chi connectivity index (χ1) is 11.5. The van der Waals surface area contributed by atoms with Crippen LogP contribution in [-0.4, -0.2) is 6.10 Å². The Labute approximate surface area is 160 Å². The first kappa shape index (κ1) is 19.8. The van der Waals surface area contributed by atoms with E-state index in [4.69, 9.17) is 15.7 Å². The minimum Gasteiger partial charge on any atom is -0.489 e. The lowest BCUT2D eigenvalue weighted by Gasteiger charge is -2.64. The molecule has 25 heavy (non-hydrogen) atoms. The average molecular weight is 405 g/mol. The van der Waals surface area contributed by atoms with E-state index in [2.05, 4.69) is 63.2 Å². The molecule has 4 heteroatoms. The lowest BCUT2D eigenvalue weighted by atomic mass is 9.44. The molecule has 0 bridgehead atoms. The molecule has 0 aliphatic heterocycles. The van der Waals surface area contributed by atoms with Crippen molar-refractivity contribution >= 4 is 15.9 Å². The number of nitriles is 1. The molecule has 0 heterocycles. The molecule has 1 aromatic carbocycles. The van der Waals surface area contributed by atoms with Crippen LogP contribution in [0.3, 0.4) is 0 Å². The number of rotatable bonds is 6. The van der Waals surface area contributed by atoms with Gasteiger partial charge in [-0.05, 0) is 58.8 Å². The largest absolute Gasteiger partial charge is 0.489 e. The summed E-state index contributed by atoms with van der Waals surface area (Å²) in [5, 5.41) is 9.06. The van der Waals surface area contributed by atoms with Gasteiger partial charge in [0.15, 0.2) is 0 Å². The molecule has 1 aliphatic carbocycles. The van der Waals surface area contributed by atoms with Gasteiger partial charge in [-0.2, -0.15) is 5.26 Å². The number of ether oxygens (including phenoxy) is 1. The summed E-state index contributed by atoms with van der Waals surface area (Å²) >= 11 is 3.44. The summed E-state index contributed by atoms with van der Waals surface area (Å²) in [5.41, 5.74) is 7.32. The Morgan fingerprint density at radius 3 is 2.44 bits per heavy atom. The smallest absolute Gasteiger partial charge is 0.120 e. The summed E-state index contributed by atoms with van der Waals surface area (Å²) in [6, 6.07) is 7.72. The quantitative estimate of drug-likeness (QED) is 0.666. The van der Waals surface area contributed by atoms with Crippen LogP contribution in [0.2, 0.25) is 0 Å². The van der Waals surface area contributed by atoms with Crippen LogP contribution < -0.4 is 10.5 Å². The van der Waals surface area contributed by atoms with Crippen molar-refractivity contribution in [1.82, 2.24) is 0 Å². The van der Waals surface area contributed by atoms with E-state index in [1.807, 2.05) is 12.1 Å². The van der Waals surface area contributed by atoms with Crippen molar-refractivity contribution in [2.24, 2.45) is 28.4 Å². The van der Waals surface area contributed by atoms with Crippen molar-refractivity contribution in [3.63, 3.8) is 0 Å². The van der Waals surface area contributed by atoms with Crippen LogP contribution in [-0.2, 0) is 0 Å². The molecule has 1 aromatic rings. The Morgan fingerprint density at radius 2 is 1.96 bits per heavy atom. The van der Waals surface area contributed by atoms with E-state index >= 15 is 0 Å². The van der Waals surface area contributed by atoms with E-state index in [9.17, 15) is 0 Å². The van der Waals surface area contributed by atoms with E-state index in [0.29, 0.717) is 17.4 Å². The second-order valence-electron chi connectivity index (χ2n) is 8.65. The third-order valence-corrected chi connectivity index (χ3v) is 6.37. The Bertz CT molecular complexity index is 686. The third kappa shape index (κ3) is 3.87. The van der Waals surface area contributed by atoms with E-state index in [0.717, 1.165) is 28.8 Å². The Kier molecular flexibility index (Phi) is 5.59. The maximum Gasteiger partial charge on any atom is 0.120 e. The minimum absolute atomic E-state index is 0.0774. The summed E-state index contributed by atoms with van der Waals surface area (Å²) in [6.45, 7) is 15.2. The van der Waals surface area contributed by atoms with Gasteiger partial charge in [0, 0.05) is 21.0 Å². The summed E-state index contributed by atoms with van der Waals surface area (Å²) in [5.74, 6) is 1.88. The highest BCUT2D eigenvalue weighted by Gasteiger charge is 2.63. The van der Waals surface area contributed by atoms with Gasteiger partial charge in [-0.15, -0.1) is 0 Å². The zero-order chi connectivity index (χ0) is 19.0.